The van der Waals surface area contributed by atoms with Gasteiger partial charge in [0.25, 0.3) is 0 Å². The van der Waals surface area contributed by atoms with Gasteiger partial charge in [-0.2, -0.15) is 4.52 Å². The summed E-state index contributed by atoms with van der Waals surface area (Å²) in [5, 5.41) is 14.3. The zero-order chi connectivity index (χ0) is 24.8. The molecule has 176 valence electrons. The number of aromatic nitrogens is 6. The number of para-hydroxylation sites is 1. The second-order valence-electron chi connectivity index (χ2n) is 8.71. The average Bonchev–Trinajstić information content (AvgIpc) is 3.60. The van der Waals surface area contributed by atoms with E-state index in [1.54, 1.807) is 4.52 Å². The molecule has 3 heterocycles. The van der Waals surface area contributed by atoms with E-state index in [-0.39, 0.29) is 0 Å². The Hall–Kier alpha value is -4.81. The standard InChI is InChI=1S/C30H19ClN6/c31-23-16-17-26-22(18-23)19-25(30-33-34-35-37(26)30)29-32-27(20-10-4-1-5-11-20)28(21-12-6-2-7-13-21)36(29)24-14-8-3-9-15-24/h1-19H. The predicted octanol–water partition coefficient (Wildman–Crippen LogP) is 7.12. The van der Waals surface area contributed by atoms with Crippen LogP contribution in [0, 0.1) is 0 Å². The second kappa shape index (κ2) is 8.69. The minimum atomic E-state index is 0.622. The Morgan fingerprint density at radius 2 is 1.35 bits per heavy atom. The van der Waals surface area contributed by atoms with E-state index in [4.69, 9.17) is 16.6 Å². The highest BCUT2D eigenvalue weighted by atomic mass is 35.5. The van der Waals surface area contributed by atoms with Crippen LogP contribution in [0.25, 0.3) is 56.1 Å². The summed E-state index contributed by atoms with van der Waals surface area (Å²) in [6.45, 7) is 0. The highest BCUT2D eigenvalue weighted by Gasteiger charge is 2.25. The first-order valence-corrected chi connectivity index (χ1v) is 12.3. The van der Waals surface area contributed by atoms with Crippen LogP contribution in [0.4, 0.5) is 0 Å². The molecule has 0 saturated carbocycles. The minimum Gasteiger partial charge on any atom is -0.292 e. The molecule has 0 bridgehead atoms. The lowest BCUT2D eigenvalue weighted by Gasteiger charge is -2.14. The van der Waals surface area contributed by atoms with Crippen LogP contribution in [-0.2, 0) is 0 Å². The number of hydrogen-bond donors (Lipinski definition) is 0. The van der Waals surface area contributed by atoms with Gasteiger partial charge in [-0.15, -0.1) is 5.10 Å². The topological polar surface area (TPSA) is 60.9 Å². The van der Waals surface area contributed by atoms with Gasteiger partial charge in [-0.05, 0) is 46.8 Å². The first kappa shape index (κ1) is 21.5. The summed E-state index contributed by atoms with van der Waals surface area (Å²) in [6, 6.07) is 38.6. The summed E-state index contributed by atoms with van der Waals surface area (Å²) >= 11 is 6.38. The van der Waals surface area contributed by atoms with E-state index < -0.39 is 0 Å². The second-order valence-corrected chi connectivity index (χ2v) is 9.15. The fourth-order valence-electron chi connectivity index (χ4n) is 4.82. The van der Waals surface area contributed by atoms with Crippen molar-refractivity contribution in [3.63, 3.8) is 0 Å². The van der Waals surface area contributed by atoms with Crippen LogP contribution in [-0.4, -0.2) is 29.6 Å². The molecular weight excluding hydrogens is 480 g/mol. The van der Waals surface area contributed by atoms with E-state index in [1.165, 1.54) is 0 Å². The van der Waals surface area contributed by atoms with Gasteiger partial charge in [0.15, 0.2) is 5.65 Å². The van der Waals surface area contributed by atoms with E-state index >= 15 is 0 Å². The van der Waals surface area contributed by atoms with Gasteiger partial charge in [-0.1, -0.05) is 90.5 Å². The summed E-state index contributed by atoms with van der Waals surface area (Å²) in [6.07, 6.45) is 0. The maximum absolute atomic E-state index is 6.38. The van der Waals surface area contributed by atoms with Gasteiger partial charge in [0.2, 0.25) is 0 Å². The molecule has 7 rings (SSSR count). The normalized spacial score (nSPS) is 11.4. The Bertz CT molecular complexity index is 1880. The maximum Gasteiger partial charge on any atom is 0.190 e. The average molecular weight is 499 g/mol. The molecule has 7 aromatic rings. The van der Waals surface area contributed by atoms with Crippen LogP contribution in [0.3, 0.4) is 0 Å². The lowest BCUT2D eigenvalue weighted by Crippen LogP contribution is -2.02. The SMILES string of the molecule is Clc1ccc2c(c1)cc(-c1nc(-c3ccccc3)c(-c3ccccc3)n1-c1ccccc1)c1nnnn12. The molecule has 0 fully saturated rings. The van der Waals surface area contributed by atoms with E-state index in [2.05, 4.69) is 62.6 Å². The van der Waals surface area contributed by atoms with Crippen LogP contribution >= 0.6 is 11.6 Å². The number of pyridine rings is 1. The monoisotopic (exact) mass is 498 g/mol. The number of rotatable bonds is 4. The third-order valence-corrected chi connectivity index (χ3v) is 6.69. The number of tetrazole rings is 1. The molecule has 0 unspecified atom stereocenters. The quantitative estimate of drug-likeness (QED) is 0.259. The van der Waals surface area contributed by atoms with Crippen molar-refractivity contribution >= 4 is 28.2 Å². The highest BCUT2D eigenvalue weighted by Crippen LogP contribution is 2.40. The molecule has 0 radical (unpaired) electrons. The van der Waals surface area contributed by atoms with Crippen molar-refractivity contribution in [2.24, 2.45) is 0 Å². The lowest BCUT2D eigenvalue weighted by molar-refractivity contribution is 0.841. The van der Waals surface area contributed by atoms with E-state index in [9.17, 15) is 0 Å². The number of benzene rings is 4. The van der Waals surface area contributed by atoms with Crippen molar-refractivity contribution in [1.82, 2.24) is 29.6 Å². The Balaban J connectivity index is 1.64. The predicted molar refractivity (Wildman–Crippen MR) is 147 cm³/mol. The largest absolute Gasteiger partial charge is 0.292 e. The fourth-order valence-corrected chi connectivity index (χ4v) is 5.01. The van der Waals surface area contributed by atoms with Crippen molar-refractivity contribution in [3.8, 4) is 39.6 Å². The van der Waals surface area contributed by atoms with Gasteiger partial charge in [0.1, 0.15) is 5.82 Å². The Labute approximate surface area is 217 Å². The molecule has 0 N–H and O–H groups in total. The zero-order valence-corrected chi connectivity index (χ0v) is 20.3. The fraction of sp³-hybridized carbons (Fsp3) is 0. The summed E-state index contributed by atoms with van der Waals surface area (Å²) in [5.41, 5.74) is 7.24. The van der Waals surface area contributed by atoms with Crippen LogP contribution in [0.5, 0.6) is 0 Å². The van der Waals surface area contributed by atoms with Crippen molar-refractivity contribution in [3.05, 3.63) is 120 Å². The summed E-state index contributed by atoms with van der Waals surface area (Å²) in [5.74, 6) is 0.741. The molecule has 4 aromatic carbocycles. The Morgan fingerprint density at radius 1 is 0.676 bits per heavy atom. The van der Waals surface area contributed by atoms with E-state index in [1.807, 2.05) is 72.8 Å². The number of hydrogen-bond acceptors (Lipinski definition) is 4. The molecule has 0 atom stereocenters. The summed E-state index contributed by atoms with van der Waals surface area (Å²) in [7, 11) is 0. The molecular formula is C30H19ClN6. The number of fused-ring (bicyclic) bond motifs is 3. The smallest absolute Gasteiger partial charge is 0.190 e. The van der Waals surface area contributed by atoms with E-state index in [0.29, 0.717) is 10.7 Å². The third-order valence-electron chi connectivity index (χ3n) is 6.46. The van der Waals surface area contributed by atoms with Gasteiger partial charge >= 0.3 is 0 Å². The van der Waals surface area contributed by atoms with Crippen LogP contribution in [0.2, 0.25) is 5.02 Å². The summed E-state index contributed by atoms with van der Waals surface area (Å²) < 4.78 is 3.94. The minimum absolute atomic E-state index is 0.622. The Morgan fingerprint density at radius 3 is 2.08 bits per heavy atom. The molecule has 3 aromatic heterocycles. The maximum atomic E-state index is 6.38. The number of nitrogens with zero attached hydrogens (tertiary/aromatic N) is 6. The summed E-state index contributed by atoms with van der Waals surface area (Å²) in [4.78, 5) is 5.28. The van der Waals surface area contributed by atoms with Crippen molar-refractivity contribution in [2.45, 2.75) is 0 Å². The lowest BCUT2D eigenvalue weighted by atomic mass is 10.0. The van der Waals surface area contributed by atoms with Crippen molar-refractivity contribution in [1.29, 1.82) is 0 Å². The van der Waals surface area contributed by atoms with Gasteiger partial charge in [0, 0.05) is 27.2 Å². The molecule has 0 saturated heterocycles. The first-order valence-electron chi connectivity index (χ1n) is 11.9. The molecule has 0 aliphatic heterocycles. The van der Waals surface area contributed by atoms with E-state index in [0.717, 1.165) is 50.5 Å². The van der Waals surface area contributed by atoms with Crippen LogP contribution < -0.4 is 0 Å². The van der Waals surface area contributed by atoms with Gasteiger partial charge < -0.3 is 0 Å². The third kappa shape index (κ3) is 3.58. The van der Waals surface area contributed by atoms with Crippen molar-refractivity contribution in [2.75, 3.05) is 0 Å². The van der Waals surface area contributed by atoms with Crippen LogP contribution in [0.1, 0.15) is 0 Å². The van der Waals surface area contributed by atoms with Crippen molar-refractivity contribution < 1.29 is 0 Å². The first-order chi connectivity index (χ1) is 18.3. The molecule has 6 nitrogen and oxygen atoms in total. The van der Waals surface area contributed by atoms with Gasteiger partial charge in [-0.25, -0.2) is 4.98 Å². The number of imidazole rings is 1. The van der Waals surface area contributed by atoms with Crippen LogP contribution in [0.15, 0.2) is 115 Å². The molecule has 0 amide bonds. The molecule has 37 heavy (non-hydrogen) atoms. The van der Waals surface area contributed by atoms with Gasteiger partial charge in [-0.3, -0.25) is 4.57 Å². The zero-order valence-electron chi connectivity index (χ0n) is 19.5. The van der Waals surface area contributed by atoms with Gasteiger partial charge in [0.05, 0.1) is 22.5 Å². The molecule has 0 aliphatic carbocycles. The molecule has 7 heteroatoms. The molecule has 0 spiro atoms. The highest BCUT2D eigenvalue weighted by molar-refractivity contribution is 6.31. The number of halogens is 1. The Kier molecular flexibility index (Phi) is 5.04. The molecule has 0 aliphatic rings.